The molecule has 1 aromatic carbocycles. The van der Waals surface area contributed by atoms with Gasteiger partial charge in [-0.05, 0) is 17.7 Å². The van der Waals surface area contributed by atoms with Gasteiger partial charge in [-0.2, -0.15) is 5.26 Å². The van der Waals surface area contributed by atoms with E-state index < -0.39 is 23.7 Å². The van der Waals surface area contributed by atoms with Crippen LogP contribution in [0.1, 0.15) is 11.5 Å². The van der Waals surface area contributed by atoms with E-state index in [1.54, 1.807) is 24.3 Å². The molecule has 22 heavy (non-hydrogen) atoms. The largest absolute Gasteiger partial charge is 0.497 e. The monoisotopic (exact) mass is 318 g/mol. The van der Waals surface area contributed by atoms with E-state index in [4.69, 9.17) is 9.47 Å². The Kier molecular flexibility index (Phi) is 4.73. The molecule has 0 radical (unpaired) electrons. The first-order chi connectivity index (χ1) is 10.5. The molecule has 0 bridgehead atoms. The number of esters is 1. The Balaban J connectivity index is 2.56. The van der Waals surface area contributed by atoms with Gasteiger partial charge < -0.3 is 14.8 Å². The van der Waals surface area contributed by atoms with Gasteiger partial charge in [-0.1, -0.05) is 12.1 Å². The summed E-state index contributed by atoms with van der Waals surface area (Å²) < 4.78 is 9.79. The number of rotatable bonds is 3. The molecule has 114 valence electrons. The molecule has 0 saturated heterocycles. The van der Waals surface area contributed by atoms with Crippen molar-refractivity contribution < 1.29 is 19.1 Å². The number of amides is 1. The first-order valence-electron chi connectivity index (χ1n) is 6.39. The lowest BCUT2D eigenvalue weighted by Crippen LogP contribution is -2.43. The molecule has 0 unspecified atom stereocenters. The van der Waals surface area contributed by atoms with Gasteiger partial charge in [-0.25, -0.2) is 0 Å². The van der Waals surface area contributed by atoms with Crippen LogP contribution in [-0.2, 0) is 14.3 Å². The fraction of sp³-hybridized carbons (Fsp3) is 0.267. The number of thiol groups is 1. The minimum Gasteiger partial charge on any atom is -0.497 e. The number of hydrogen-bond donors (Lipinski definition) is 2. The maximum atomic E-state index is 12.1. The summed E-state index contributed by atoms with van der Waals surface area (Å²) in [4.78, 5) is 24.1. The van der Waals surface area contributed by atoms with Crippen molar-refractivity contribution in [1.82, 2.24) is 5.32 Å². The summed E-state index contributed by atoms with van der Waals surface area (Å²) in [5.74, 6) is -2.50. The zero-order valence-corrected chi connectivity index (χ0v) is 12.9. The molecule has 1 aromatic rings. The Labute approximate surface area is 133 Å². The van der Waals surface area contributed by atoms with Crippen LogP contribution in [0.5, 0.6) is 5.75 Å². The molecule has 2 atom stereocenters. The second-order valence-electron chi connectivity index (χ2n) is 4.61. The number of methoxy groups -OCH3 is 2. The summed E-state index contributed by atoms with van der Waals surface area (Å²) >= 11 is 4.13. The third-order valence-corrected chi connectivity index (χ3v) is 3.83. The van der Waals surface area contributed by atoms with E-state index >= 15 is 0 Å². The zero-order chi connectivity index (χ0) is 16.3. The Bertz CT molecular complexity index is 676. The van der Waals surface area contributed by atoms with Crippen LogP contribution in [0, 0.1) is 17.2 Å². The zero-order valence-electron chi connectivity index (χ0n) is 12.0. The molecule has 2 rings (SSSR count). The highest BCUT2D eigenvalue weighted by Crippen LogP contribution is 2.38. The normalized spacial score (nSPS) is 20.9. The third-order valence-electron chi connectivity index (χ3n) is 3.47. The fourth-order valence-corrected chi connectivity index (χ4v) is 2.69. The number of nitriles is 1. The van der Waals surface area contributed by atoms with Crippen molar-refractivity contribution in [2.24, 2.45) is 5.92 Å². The topological polar surface area (TPSA) is 88.4 Å². The number of nitrogens with one attached hydrogen (secondary N) is 1. The van der Waals surface area contributed by atoms with Crippen LogP contribution in [-0.4, -0.2) is 26.1 Å². The number of nitrogens with zero attached hydrogens (tertiary/aromatic N) is 1. The Morgan fingerprint density at radius 1 is 1.32 bits per heavy atom. The number of ether oxygens (including phenoxy) is 2. The van der Waals surface area contributed by atoms with Crippen LogP contribution >= 0.6 is 12.6 Å². The molecule has 1 amide bonds. The summed E-state index contributed by atoms with van der Waals surface area (Å²) in [5.41, 5.74) is 0.845. The lowest BCUT2D eigenvalue weighted by atomic mass is 9.78. The van der Waals surface area contributed by atoms with E-state index in [0.717, 1.165) is 0 Å². The molecule has 0 fully saturated rings. The summed E-state index contributed by atoms with van der Waals surface area (Å²) in [6.07, 6.45) is 0. The summed E-state index contributed by atoms with van der Waals surface area (Å²) in [5, 5.41) is 11.9. The van der Waals surface area contributed by atoms with Gasteiger partial charge in [0.2, 0.25) is 5.91 Å². The average Bonchev–Trinajstić information content (AvgIpc) is 2.53. The number of benzene rings is 1. The molecule has 7 heteroatoms. The standard InChI is InChI=1S/C15H14N2O4S/c1-20-9-5-3-8(4-6-9)11-10(7-16)14(22)17-13(18)12(11)15(19)21-2/h3-6,11-12,22H,1-2H3,(H,17,18)/t11-,12-/m1/s1. The highest BCUT2D eigenvalue weighted by atomic mass is 32.1. The molecule has 1 N–H and O–H groups in total. The predicted molar refractivity (Wildman–Crippen MR) is 81.0 cm³/mol. The molecule has 0 spiro atoms. The highest BCUT2D eigenvalue weighted by Gasteiger charge is 2.43. The molecule has 1 heterocycles. The number of hydrogen-bond acceptors (Lipinski definition) is 6. The first kappa shape index (κ1) is 15.9. The van der Waals surface area contributed by atoms with Crippen LogP contribution in [0.25, 0.3) is 0 Å². The highest BCUT2D eigenvalue weighted by molar-refractivity contribution is 7.84. The van der Waals surface area contributed by atoms with Crippen molar-refractivity contribution in [3.8, 4) is 11.8 Å². The van der Waals surface area contributed by atoms with Gasteiger partial charge in [0.25, 0.3) is 0 Å². The van der Waals surface area contributed by atoms with Crippen molar-refractivity contribution in [3.63, 3.8) is 0 Å². The molecule has 6 nitrogen and oxygen atoms in total. The van der Waals surface area contributed by atoms with Gasteiger partial charge in [0, 0.05) is 5.92 Å². The van der Waals surface area contributed by atoms with E-state index in [-0.39, 0.29) is 10.6 Å². The van der Waals surface area contributed by atoms with Crippen LogP contribution in [0.15, 0.2) is 34.9 Å². The van der Waals surface area contributed by atoms with E-state index in [1.165, 1.54) is 14.2 Å². The smallest absolute Gasteiger partial charge is 0.319 e. The van der Waals surface area contributed by atoms with Crippen molar-refractivity contribution in [3.05, 3.63) is 40.4 Å². The lowest BCUT2D eigenvalue weighted by molar-refractivity contribution is -0.150. The summed E-state index contributed by atoms with van der Waals surface area (Å²) in [6, 6.07) is 8.82. The minimum atomic E-state index is -1.14. The van der Waals surface area contributed by atoms with Crippen molar-refractivity contribution in [1.29, 1.82) is 5.26 Å². The Morgan fingerprint density at radius 2 is 1.95 bits per heavy atom. The van der Waals surface area contributed by atoms with Crippen LogP contribution in [0.2, 0.25) is 0 Å². The molecule has 1 aliphatic heterocycles. The van der Waals surface area contributed by atoms with E-state index in [9.17, 15) is 14.9 Å². The van der Waals surface area contributed by atoms with Gasteiger partial charge in [-0.15, -0.1) is 12.6 Å². The predicted octanol–water partition coefficient (Wildman–Crippen LogP) is 1.36. The third kappa shape index (κ3) is 2.78. The Morgan fingerprint density at radius 3 is 2.45 bits per heavy atom. The quantitative estimate of drug-likeness (QED) is 0.499. The van der Waals surface area contributed by atoms with E-state index in [1.807, 2.05) is 6.07 Å². The maximum Gasteiger partial charge on any atom is 0.319 e. The van der Waals surface area contributed by atoms with E-state index in [0.29, 0.717) is 11.3 Å². The number of carbonyl (C=O) groups is 2. The van der Waals surface area contributed by atoms with E-state index in [2.05, 4.69) is 17.9 Å². The van der Waals surface area contributed by atoms with Crippen LogP contribution in [0.4, 0.5) is 0 Å². The maximum absolute atomic E-state index is 12.1. The molecular formula is C15H14N2O4S. The molecule has 0 saturated carbocycles. The van der Waals surface area contributed by atoms with Crippen molar-refractivity contribution >= 4 is 24.5 Å². The molecular weight excluding hydrogens is 304 g/mol. The van der Waals surface area contributed by atoms with Crippen LogP contribution < -0.4 is 10.1 Å². The second-order valence-corrected chi connectivity index (χ2v) is 5.06. The first-order valence-corrected chi connectivity index (χ1v) is 6.84. The van der Waals surface area contributed by atoms with Gasteiger partial charge in [0.1, 0.15) is 11.7 Å². The van der Waals surface area contributed by atoms with Gasteiger partial charge in [0.15, 0.2) is 0 Å². The van der Waals surface area contributed by atoms with Gasteiger partial charge in [0.05, 0.1) is 30.9 Å². The Hall–Kier alpha value is -2.46. The van der Waals surface area contributed by atoms with Crippen molar-refractivity contribution in [2.45, 2.75) is 5.92 Å². The molecule has 0 aromatic heterocycles. The van der Waals surface area contributed by atoms with Crippen molar-refractivity contribution in [2.75, 3.05) is 14.2 Å². The fourth-order valence-electron chi connectivity index (χ4n) is 2.39. The SMILES string of the molecule is COC(=O)[C@H]1C(=O)NC(S)=C(C#N)[C@H]1c1ccc(OC)cc1. The van der Waals surface area contributed by atoms with Gasteiger partial charge in [-0.3, -0.25) is 9.59 Å². The molecule has 0 aliphatic carbocycles. The van der Waals surface area contributed by atoms with Crippen LogP contribution in [0.3, 0.4) is 0 Å². The second kappa shape index (κ2) is 6.54. The summed E-state index contributed by atoms with van der Waals surface area (Å²) in [7, 11) is 2.74. The number of carbonyl (C=O) groups excluding carboxylic acids is 2. The average molecular weight is 318 g/mol. The summed E-state index contributed by atoms with van der Waals surface area (Å²) in [6.45, 7) is 0. The lowest BCUT2D eigenvalue weighted by Gasteiger charge is -2.29. The minimum absolute atomic E-state index is 0.147. The molecule has 1 aliphatic rings. The van der Waals surface area contributed by atoms with Gasteiger partial charge >= 0.3 is 5.97 Å². The number of allylic oxidation sites excluding steroid dienone is 1.